The van der Waals surface area contributed by atoms with Gasteiger partial charge in [-0.1, -0.05) is 26.0 Å². The zero-order valence-electron chi connectivity index (χ0n) is 16.5. The van der Waals surface area contributed by atoms with E-state index in [1.165, 1.54) is 5.56 Å². The lowest BCUT2D eigenvalue weighted by atomic mass is 10.1. The number of unbranched alkanes of at least 4 members (excludes halogenated alkanes) is 2. The molecule has 0 aliphatic rings. The number of rotatable bonds is 11. The third kappa shape index (κ3) is 9.34. The quantitative estimate of drug-likeness (QED) is 0.363. The van der Waals surface area contributed by atoms with Crippen molar-refractivity contribution in [1.82, 2.24) is 10.6 Å². The highest BCUT2D eigenvalue weighted by molar-refractivity contribution is 5.80. The first-order valence-electron chi connectivity index (χ1n) is 9.25. The van der Waals surface area contributed by atoms with E-state index in [1.54, 1.807) is 14.2 Å². The monoisotopic (exact) mass is 349 g/mol. The number of guanidine groups is 1. The van der Waals surface area contributed by atoms with Crippen molar-refractivity contribution >= 4 is 5.96 Å². The van der Waals surface area contributed by atoms with Crippen LogP contribution in [0.3, 0.4) is 0 Å². The van der Waals surface area contributed by atoms with Gasteiger partial charge in [0.15, 0.2) is 5.96 Å². The molecule has 1 aromatic carbocycles. The zero-order chi connectivity index (χ0) is 18.5. The van der Waals surface area contributed by atoms with Gasteiger partial charge in [0.05, 0.1) is 12.6 Å². The fourth-order valence-corrected chi connectivity index (χ4v) is 2.35. The van der Waals surface area contributed by atoms with Crippen molar-refractivity contribution in [1.29, 1.82) is 0 Å². The van der Waals surface area contributed by atoms with Crippen molar-refractivity contribution in [2.75, 3.05) is 33.9 Å². The molecule has 1 aromatic rings. The Labute approximate surface area is 153 Å². The van der Waals surface area contributed by atoms with Gasteiger partial charge in [0.1, 0.15) is 5.75 Å². The summed E-state index contributed by atoms with van der Waals surface area (Å²) in [6, 6.07) is 8.44. The van der Waals surface area contributed by atoms with Crippen LogP contribution in [0.4, 0.5) is 0 Å². The molecule has 0 saturated heterocycles. The summed E-state index contributed by atoms with van der Waals surface area (Å²) in [5, 5.41) is 6.79. The van der Waals surface area contributed by atoms with E-state index in [0.717, 1.165) is 50.7 Å². The smallest absolute Gasteiger partial charge is 0.191 e. The van der Waals surface area contributed by atoms with Gasteiger partial charge in [-0.15, -0.1) is 0 Å². The van der Waals surface area contributed by atoms with E-state index < -0.39 is 0 Å². The van der Waals surface area contributed by atoms with E-state index in [9.17, 15) is 0 Å². The second-order valence-electron chi connectivity index (χ2n) is 6.69. The van der Waals surface area contributed by atoms with Gasteiger partial charge in [-0.2, -0.15) is 0 Å². The van der Waals surface area contributed by atoms with Crippen molar-refractivity contribution in [3.05, 3.63) is 29.8 Å². The summed E-state index contributed by atoms with van der Waals surface area (Å²) in [6.45, 7) is 8.93. The van der Waals surface area contributed by atoms with Crippen LogP contribution in [0.15, 0.2) is 29.3 Å². The molecular formula is C20H35N3O2. The van der Waals surface area contributed by atoms with Gasteiger partial charge < -0.3 is 20.1 Å². The third-order valence-electron chi connectivity index (χ3n) is 3.86. The summed E-state index contributed by atoms with van der Waals surface area (Å²) in [6.07, 6.45) is 3.37. The fourth-order valence-electron chi connectivity index (χ4n) is 2.35. The first-order valence-corrected chi connectivity index (χ1v) is 9.25. The van der Waals surface area contributed by atoms with Gasteiger partial charge >= 0.3 is 0 Å². The first-order chi connectivity index (χ1) is 12.1. The van der Waals surface area contributed by atoms with E-state index in [0.29, 0.717) is 5.92 Å². The second-order valence-corrected chi connectivity index (χ2v) is 6.69. The van der Waals surface area contributed by atoms with E-state index >= 15 is 0 Å². The number of methoxy groups -OCH3 is 1. The minimum atomic E-state index is 0.179. The number of benzene rings is 1. The third-order valence-corrected chi connectivity index (χ3v) is 3.86. The topological polar surface area (TPSA) is 54.9 Å². The SMILES string of the molecule is CN=C(NCCCCCOC)NC(C)c1ccc(OCC(C)C)cc1. The van der Waals surface area contributed by atoms with E-state index in [1.807, 2.05) is 12.1 Å². The number of nitrogens with one attached hydrogen (secondary N) is 2. The summed E-state index contributed by atoms with van der Waals surface area (Å²) in [5.41, 5.74) is 1.21. The van der Waals surface area contributed by atoms with Crippen LogP contribution in [0.25, 0.3) is 0 Å². The lowest BCUT2D eigenvalue weighted by Gasteiger charge is -2.19. The molecule has 1 rings (SSSR count). The van der Waals surface area contributed by atoms with E-state index in [2.05, 4.69) is 48.5 Å². The number of aliphatic imine (C=N–C) groups is 1. The summed E-state index contributed by atoms with van der Waals surface area (Å²) < 4.78 is 10.8. The summed E-state index contributed by atoms with van der Waals surface area (Å²) >= 11 is 0. The fraction of sp³-hybridized carbons (Fsp3) is 0.650. The lowest BCUT2D eigenvalue weighted by Crippen LogP contribution is -2.39. The molecule has 0 aliphatic carbocycles. The predicted octanol–water partition coefficient (Wildman–Crippen LogP) is 3.76. The Bertz CT molecular complexity index is 486. The van der Waals surface area contributed by atoms with E-state index in [-0.39, 0.29) is 6.04 Å². The number of nitrogens with zero attached hydrogens (tertiary/aromatic N) is 1. The summed E-state index contributed by atoms with van der Waals surface area (Å²) in [4.78, 5) is 4.30. The van der Waals surface area contributed by atoms with Crippen molar-refractivity contribution in [3.8, 4) is 5.75 Å². The van der Waals surface area contributed by atoms with Crippen LogP contribution in [0.1, 0.15) is 51.6 Å². The molecule has 5 heteroatoms. The van der Waals surface area contributed by atoms with Crippen LogP contribution in [-0.2, 0) is 4.74 Å². The van der Waals surface area contributed by atoms with Crippen LogP contribution in [0.2, 0.25) is 0 Å². The van der Waals surface area contributed by atoms with Crippen molar-refractivity contribution < 1.29 is 9.47 Å². The Morgan fingerprint density at radius 3 is 2.40 bits per heavy atom. The van der Waals surface area contributed by atoms with Gasteiger partial charge in [0, 0.05) is 27.3 Å². The highest BCUT2D eigenvalue weighted by atomic mass is 16.5. The maximum Gasteiger partial charge on any atom is 0.191 e. The molecule has 0 radical (unpaired) electrons. The molecule has 1 unspecified atom stereocenters. The average molecular weight is 350 g/mol. The average Bonchev–Trinajstić information content (AvgIpc) is 2.62. The summed E-state index contributed by atoms with van der Waals surface area (Å²) in [5.74, 6) is 2.28. The molecule has 0 saturated carbocycles. The van der Waals surface area contributed by atoms with Gasteiger partial charge in [-0.25, -0.2) is 0 Å². The molecule has 0 aromatic heterocycles. The maximum atomic E-state index is 5.73. The van der Waals surface area contributed by atoms with Crippen LogP contribution in [0, 0.1) is 5.92 Å². The van der Waals surface area contributed by atoms with Gasteiger partial charge in [0.25, 0.3) is 0 Å². The highest BCUT2D eigenvalue weighted by Crippen LogP contribution is 2.18. The number of hydrogen-bond acceptors (Lipinski definition) is 3. The van der Waals surface area contributed by atoms with Crippen LogP contribution < -0.4 is 15.4 Å². The van der Waals surface area contributed by atoms with Crippen LogP contribution in [-0.4, -0.2) is 39.9 Å². The normalized spacial score (nSPS) is 13.0. The molecule has 142 valence electrons. The van der Waals surface area contributed by atoms with Crippen molar-refractivity contribution in [2.24, 2.45) is 10.9 Å². The molecular weight excluding hydrogens is 314 g/mol. The molecule has 0 fully saturated rings. The molecule has 0 spiro atoms. The molecule has 0 aliphatic heterocycles. The molecule has 1 atom stereocenters. The Morgan fingerprint density at radius 2 is 1.80 bits per heavy atom. The Kier molecular flexibility index (Phi) is 10.7. The minimum Gasteiger partial charge on any atom is -0.493 e. The molecule has 0 amide bonds. The van der Waals surface area contributed by atoms with E-state index in [4.69, 9.17) is 9.47 Å². The zero-order valence-corrected chi connectivity index (χ0v) is 16.5. The lowest BCUT2D eigenvalue weighted by molar-refractivity contribution is 0.192. The van der Waals surface area contributed by atoms with Crippen LogP contribution >= 0.6 is 0 Å². The Balaban J connectivity index is 2.38. The highest BCUT2D eigenvalue weighted by Gasteiger charge is 2.08. The molecule has 5 nitrogen and oxygen atoms in total. The number of ether oxygens (including phenoxy) is 2. The van der Waals surface area contributed by atoms with Gasteiger partial charge in [-0.3, -0.25) is 4.99 Å². The standard InChI is InChI=1S/C20H35N3O2/c1-16(2)15-25-19-11-9-18(10-12-19)17(3)23-20(21-4)22-13-7-6-8-14-24-5/h9-12,16-17H,6-8,13-15H2,1-5H3,(H2,21,22,23). The minimum absolute atomic E-state index is 0.179. The second kappa shape index (κ2) is 12.6. The Morgan fingerprint density at radius 1 is 1.08 bits per heavy atom. The Hall–Kier alpha value is -1.75. The van der Waals surface area contributed by atoms with Crippen molar-refractivity contribution in [3.63, 3.8) is 0 Å². The molecule has 0 heterocycles. The molecule has 0 bridgehead atoms. The van der Waals surface area contributed by atoms with Gasteiger partial charge in [0.2, 0.25) is 0 Å². The largest absolute Gasteiger partial charge is 0.493 e. The first kappa shape index (κ1) is 21.3. The predicted molar refractivity (Wildman–Crippen MR) is 105 cm³/mol. The molecule has 25 heavy (non-hydrogen) atoms. The maximum absolute atomic E-state index is 5.73. The molecule has 2 N–H and O–H groups in total. The van der Waals surface area contributed by atoms with Crippen molar-refractivity contribution in [2.45, 2.75) is 46.1 Å². The van der Waals surface area contributed by atoms with Gasteiger partial charge in [-0.05, 0) is 49.8 Å². The number of hydrogen-bond donors (Lipinski definition) is 2. The van der Waals surface area contributed by atoms with Crippen LogP contribution in [0.5, 0.6) is 5.75 Å². The summed E-state index contributed by atoms with van der Waals surface area (Å²) in [7, 11) is 3.55.